The number of ketones is 1. The molecule has 1 aromatic rings. The van der Waals surface area contributed by atoms with Crippen LogP contribution in [0.5, 0.6) is 0 Å². The number of benzene rings is 1. The molecule has 0 aromatic heterocycles. The monoisotopic (exact) mass is 234 g/mol. The minimum absolute atomic E-state index is 0.00551. The van der Waals surface area contributed by atoms with Crippen LogP contribution in [0.1, 0.15) is 48.5 Å². The summed E-state index contributed by atoms with van der Waals surface area (Å²) in [5.74, 6) is 0.240. The van der Waals surface area contributed by atoms with Gasteiger partial charge in [-0.05, 0) is 43.4 Å². The second-order valence-corrected chi connectivity index (χ2v) is 5.32. The Hall–Kier alpha value is -1.18. The Kier molecular flexibility index (Phi) is 3.60. The van der Waals surface area contributed by atoms with E-state index in [1.54, 1.807) is 6.07 Å². The normalized spacial score (nSPS) is 24.6. The molecule has 0 saturated heterocycles. The van der Waals surface area contributed by atoms with Crippen LogP contribution in [0.3, 0.4) is 0 Å². The average Bonchev–Trinajstić information content (AvgIpc) is 2.28. The number of Topliss-reactive ketones (excluding diaryl/α,β-unsaturated/α-hetero) is 1. The van der Waals surface area contributed by atoms with Gasteiger partial charge in [0.15, 0.2) is 5.78 Å². The fourth-order valence-corrected chi connectivity index (χ4v) is 2.71. The molecule has 0 aliphatic heterocycles. The van der Waals surface area contributed by atoms with Crippen LogP contribution < -0.4 is 0 Å². The molecule has 2 heteroatoms. The highest BCUT2D eigenvalue weighted by Gasteiger charge is 2.27. The van der Waals surface area contributed by atoms with Crippen LogP contribution in [0.25, 0.3) is 0 Å². The van der Waals surface area contributed by atoms with Crippen molar-refractivity contribution < 1.29 is 9.18 Å². The number of carbonyl (C=O) groups excluding carboxylic acids is 1. The summed E-state index contributed by atoms with van der Waals surface area (Å²) >= 11 is 0. The highest BCUT2D eigenvalue weighted by Crippen LogP contribution is 2.31. The van der Waals surface area contributed by atoms with E-state index in [0.717, 1.165) is 24.8 Å². The van der Waals surface area contributed by atoms with Crippen LogP contribution in [0.2, 0.25) is 0 Å². The molecule has 92 valence electrons. The summed E-state index contributed by atoms with van der Waals surface area (Å²) in [7, 11) is 0. The van der Waals surface area contributed by atoms with Crippen molar-refractivity contribution in [2.75, 3.05) is 0 Å². The smallest absolute Gasteiger partial charge is 0.168 e. The first kappa shape index (κ1) is 12.3. The van der Waals surface area contributed by atoms with Crippen LogP contribution in [-0.4, -0.2) is 5.78 Å². The number of hydrogen-bond acceptors (Lipinski definition) is 1. The molecule has 1 aliphatic carbocycles. The molecule has 1 saturated carbocycles. The molecule has 1 nitrogen and oxygen atoms in total. The van der Waals surface area contributed by atoms with Crippen molar-refractivity contribution in [3.63, 3.8) is 0 Å². The molecule has 1 aliphatic rings. The van der Waals surface area contributed by atoms with E-state index in [1.165, 1.54) is 12.5 Å². The van der Waals surface area contributed by atoms with Crippen molar-refractivity contribution in [2.45, 2.75) is 39.5 Å². The number of rotatable bonds is 2. The van der Waals surface area contributed by atoms with Gasteiger partial charge in [0.2, 0.25) is 0 Å². The molecule has 0 N–H and O–H groups in total. The van der Waals surface area contributed by atoms with Crippen LogP contribution >= 0.6 is 0 Å². The van der Waals surface area contributed by atoms with Gasteiger partial charge in [-0.15, -0.1) is 0 Å². The van der Waals surface area contributed by atoms with Gasteiger partial charge in [-0.2, -0.15) is 0 Å². The fourth-order valence-electron chi connectivity index (χ4n) is 2.71. The molecule has 2 atom stereocenters. The second kappa shape index (κ2) is 4.99. The van der Waals surface area contributed by atoms with Gasteiger partial charge < -0.3 is 0 Å². The summed E-state index contributed by atoms with van der Waals surface area (Å²) in [6, 6.07) is 4.88. The zero-order chi connectivity index (χ0) is 12.4. The highest BCUT2D eigenvalue weighted by molar-refractivity contribution is 5.98. The van der Waals surface area contributed by atoms with E-state index in [2.05, 4.69) is 6.92 Å². The van der Waals surface area contributed by atoms with Gasteiger partial charge in [0, 0.05) is 5.92 Å². The van der Waals surface area contributed by atoms with Crippen LogP contribution in [0.4, 0.5) is 4.39 Å². The van der Waals surface area contributed by atoms with Crippen LogP contribution in [-0.2, 0) is 0 Å². The molecule has 0 radical (unpaired) electrons. The maximum absolute atomic E-state index is 13.7. The quantitative estimate of drug-likeness (QED) is 0.703. The standard InChI is InChI=1S/C15H19FO/c1-10-4-3-5-12(8-10)15(17)13-7-6-11(2)9-14(13)16/h6-7,9-10,12H,3-5,8H2,1-2H3. The third-order valence-corrected chi connectivity index (χ3v) is 3.70. The van der Waals surface area contributed by atoms with Gasteiger partial charge in [0.05, 0.1) is 5.56 Å². The molecular weight excluding hydrogens is 215 g/mol. The van der Waals surface area contributed by atoms with E-state index in [0.29, 0.717) is 5.92 Å². The zero-order valence-corrected chi connectivity index (χ0v) is 10.5. The largest absolute Gasteiger partial charge is 0.294 e. The fraction of sp³-hybridized carbons (Fsp3) is 0.533. The summed E-state index contributed by atoms with van der Waals surface area (Å²) < 4.78 is 13.7. The molecule has 0 bridgehead atoms. The first-order chi connectivity index (χ1) is 8.08. The van der Waals surface area contributed by atoms with Gasteiger partial charge in [-0.25, -0.2) is 4.39 Å². The van der Waals surface area contributed by atoms with Crippen molar-refractivity contribution >= 4 is 5.78 Å². The molecular formula is C15H19FO. The lowest BCUT2D eigenvalue weighted by Crippen LogP contribution is -2.22. The third kappa shape index (κ3) is 2.74. The SMILES string of the molecule is Cc1ccc(C(=O)C2CCCC(C)C2)c(F)c1. The summed E-state index contributed by atoms with van der Waals surface area (Å²) in [6.45, 7) is 4.00. The van der Waals surface area contributed by atoms with Crippen molar-refractivity contribution in [3.8, 4) is 0 Å². The molecule has 1 aromatic carbocycles. The highest BCUT2D eigenvalue weighted by atomic mass is 19.1. The van der Waals surface area contributed by atoms with Crippen molar-refractivity contribution in [1.82, 2.24) is 0 Å². The van der Waals surface area contributed by atoms with Gasteiger partial charge in [0.1, 0.15) is 5.82 Å². The van der Waals surface area contributed by atoms with Gasteiger partial charge in [0.25, 0.3) is 0 Å². The maximum Gasteiger partial charge on any atom is 0.168 e. The van der Waals surface area contributed by atoms with E-state index in [4.69, 9.17) is 0 Å². The summed E-state index contributed by atoms with van der Waals surface area (Å²) in [4.78, 5) is 12.2. The molecule has 0 heterocycles. The Morgan fingerprint density at radius 1 is 1.35 bits per heavy atom. The zero-order valence-electron chi connectivity index (χ0n) is 10.5. The Morgan fingerprint density at radius 3 is 2.76 bits per heavy atom. The number of hydrogen-bond donors (Lipinski definition) is 0. The van der Waals surface area contributed by atoms with E-state index in [1.807, 2.05) is 13.0 Å². The molecule has 2 rings (SSSR count). The topological polar surface area (TPSA) is 17.1 Å². The lowest BCUT2D eigenvalue weighted by atomic mass is 9.78. The molecule has 0 spiro atoms. The Balaban J connectivity index is 2.18. The summed E-state index contributed by atoms with van der Waals surface area (Å²) in [5, 5.41) is 0. The molecule has 0 amide bonds. The number of halogens is 1. The minimum Gasteiger partial charge on any atom is -0.294 e. The summed E-state index contributed by atoms with van der Waals surface area (Å²) in [6.07, 6.45) is 4.11. The first-order valence-corrected chi connectivity index (χ1v) is 6.38. The van der Waals surface area contributed by atoms with Gasteiger partial charge in [-0.1, -0.05) is 25.8 Å². The van der Waals surface area contributed by atoms with Crippen molar-refractivity contribution in [2.24, 2.45) is 11.8 Å². The molecule has 1 fully saturated rings. The van der Waals surface area contributed by atoms with E-state index in [9.17, 15) is 9.18 Å². The molecule has 2 unspecified atom stereocenters. The molecule has 17 heavy (non-hydrogen) atoms. The third-order valence-electron chi connectivity index (χ3n) is 3.70. The Morgan fingerprint density at radius 2 is 2.12 bits per heavy atom. The second-order valence-electron chi connectivity index (χ2n) is 5.32. The first-order valence-electron chi connectivity index (χ1n) is 6.38. The van der Waals surface area contributed by atoms with E-state index < -0.39 is 0 Å². The maximum atomic E-state index is 13.7. The Labute approximate surface area is 102 Å². The van der Waals surface area contributed by atoms with Crippen LogP contribution in [0, 0.1) is 24.6 Å². The lowest BCUT2D eigenvalue weighted by molar-refractivity contribution is 0.0864. The van der Waals surface area contributed by atoms with Crippen LogP contribution in [0.15, 0.2) is 18.2 Å². The summed E-state index contributed by atoms with van der Waals surface area (Å²) in [5.41, 5.74) is 1.13. The van der Waals surface area contributed by atoms with Gasteiger partial charge >= 0.3 is 0 Å². The van der Waals surface area contributed by atoms with E-state index in [-0.39, 0.29) is 23.1 Å². The van der Waals surface area contributed by atoms with Gasteiger partial charge in [-0.3, -0.25) is 4.79 Å². The average molecular weight is 234 g/mol. The number of carbonyl (C=O) groups is 1. The Bertz CT molecular complexity index is 425. The predicted molar refractivity (Wildman–Crippen MR) is 66.6 cm³/mol. The van der Waals surface area contributed by atoms with E-state index >= 15 is 0 Å². The predicted octanol–water partition coefficient (Wildman–Crippen LogP) is 4.14. The van der Waals surface area contributed by atoms with Crippen molar-refractivity contribution in [3.05, 3.63) is 35.1 Å². The minimum atomic E-state index is -0.367. The number of aryl methyl sites for hydroxylation is 1. The lowest BCUT2D eigenvalue weighted by Gasteiger charge is -2.25. The van der Waals surface area contributed by atoms with Crippen molar-refractivity contribution in [1.29, 1.82) is 0 Å².